The third-order valence-corrected chi connectivity index (χ3v) is 6.18. The summed E-state index contributed by atoms with van der Waals surface area (Å²) in [7, 11) is 3.28. The third kappa shape index (κ3) is 4.55. The number of hydrogen-bond acceptors (Lipinski definition) is 7. The van der Waals surface area contributed by atoms with Crippen molar-refractivity contribution < 1.29 is 9.47 Å². The van der Waals surface area contributed by atoms with Gasteiger partial charge in [-0.25, -0.2) is 9.97 Å². The topological polar surface area (TPSA) is 72.9 Å². The van der Waals surface area contributed by atoms with E-state index in [0.717, 1.165) is 33.3 Å². The molecule has 0 aliphatic rings. The number of aromatic amines is 1. The Labute approximate surface area is 181 Å². The second kappa shape index (κ2) is 8.86. The van der Waals surface area contributed by atoms with Crippen LogP contribution in [0.3, 0.4) is 0 Å². The highest BCUT2D eigenvalue weighted by molar-refractivity contribution is 7.98. The molecule has 0 saturated carbocycles. The van der Waals surface area contributed by atoms with Crippen molar-refractivity contribution in [1.82, 2.24) is 20.2 Å². The Bertz CT molecular complexity index is 1110. The van der Waals surface area contributed by atoms with E-state index < -0.39 is 0 Å². The van der Waals surface area contributed by atoms with Crippen molar-refractivity contribution in [3.05, 3.63) is 58.6 Å². The van der Waals surface area contributed by atoms with Gasteiger partial charge in [0.1, 0.15) is 16.5 Å². The zero-order valence-electron chi connectivity index (χ0n) is 15.7. The van der Waals surface area contributed by atoms with Gasteiger partial charge in [-0.15, -0.1) is 16.4 Å². The van der Waals surface area contributed by atoms with E-state index in [4.69, 9.17) is 26.1 Å². The standard InChI is InChI=1S/C20H17ClN4O2S2/c1-26-15-7-8-16(17(9-15)27-2)19-22-14(10-28-19)11-29-20-23-18(24-25-20)12-3-5-13(21)6-4-12/h3-10H,11H2,1-2H3,(H,23,24,25). The van der Waals surface area contributed by atoms with Crippen molar-refractivity contribution in [2.75, 3.05) is 14.2 Å². The second-order valence-corrected chi connectivity index (χ2v) is 8.21. The van der Waals surface area contributed by atoms with Crippen LogP contribution in [-0.2, 0) is 5.75 Å². The number of aromatic nitrogens is 4. The van der Waals surface area contributed by atoms with E-state index in [1.807, 2.05) is 47.8 Å². The summed E-state index contributed by atoms with van der Waals surface area (Å²) in [6.07, 6.45) is 0. The van der Waals surface area contributed by atoms with Gasteiger partial charge in [0.25, 0.3) is 0 Å². The van der Waals surface area contributed by atoms with Gasteiger partial charge in [-0.1, -0.05) is 23.4 Å². The zero-order chi connectivity index (χ0) is 20.2. The first-order chi connectivity index (χ1) is 14.2. The summed E-state index contributed by atoms with van der Waals surface area (Å²) < 4.78 is 10.7. The van der Waals surface area contributed by atoms with Crippen LogP contribution in [-0.4, -0.2) is 34.4 Å². The quantitative estimate of drug-likeness (QED) is 0.376. The van der Waals surface area contributed by atoms with Gasteiger partial charge in [-0.05, 0) is 36.4 Å². The summed E-state index contributed by atoms with van der Waals surface area (Å²) in [5, 5.41) is 11.5. The fourth-order valence-electron chi connectivity index (χ4n) is 2.66. The monoisotopic (exact) mass is 444 g/mol. The van der Waals surface area contributed by atoms with Crippen LogP contribution in [0.5, 0.6) is 11.5 Å². The number of thioether (sulfide) groups is 1. The smallest absolute Gasteiger partial charge is 0.209 e. The lowest BCUT2D eigenvalue weighted by atomic mass is 10.2. The number of nitrogens with one attached hydrogen (secondary N) is 1. The molecule has 29 heavy (non-hydrogen) atoms. The lowest BCUT2D eigenvalue weighted by molar-refractivity contribution is 0.395. The molecule has 0 aliphatic heterocycles. The van der Waals surface area contributed by atoms with Crippen molar-refractivity contribution in [3.8, 4) is 33.5 Å². The Balaban J connectivity index is 1.45. The van der Waals surface area contributed by atoms with Crippen LogP contribution < -0.4 is 9.47 Å². The van der Waals surface area contributed by atoms with Crippen LogP contribution in [0.1, 0.15) is 5.69 Å². The van der Waals surface area contributed by atoms with Gasteiger partial charge < -0.3 is 9.47 Å². The van der Waals surface area contributed by atoms with E-state index in [9.17, 15) is 0 Å². The fraction of sp³-hybridized carbons (Fsp3) is 0.150. The lowest BCUT2D eigenvalue weighted by Crippen LogP contribution is -1.90. The SMILES string of the molecule is COc1ccc(-c2nc(CSc3n[nH]c(-c4ccc(Cl)cc4)n3)cs2)c(OC)c1. The van der Waals surface area contributed by atoms with E-state index >= 15 is 0 Å². The van der Waals surface area contributed by atoms with Crippen LogP contribution in [0.4, 0.5) is 0 Å². The number of hydrogen-bond donors (Lipinski definition) is 1. The zero-order valence-corrected chi connectivity index (χ0v) is 18.1. The van der Waals surface area contributed by atoms with Gasteiger partial charge in [-0.3, -0.25) is 5.10 Å². The van der Waals surface area contributed by atoms with Crippen molar-refractivity contribution in [2.24, 2.45) is 0 Å². The van der Waals surface area contributed by atoms with E-state index in [1.165, 1.54) is 11.8 Å². The molecule has 4 rings (SSSR count). The maximum absolute atomic E-state index is 5.93. The predicted octanol–water partition coefficient (Wildman–Crippen LogP) is 5.56. The molecular weight excluding hydrogens is 428 g/mol. The summed E-state index contributed by atoms with van der Waals surface area (Å²) in [5.41, 5.74) is 2.85. The van der Waals surface area contributed by atoms with Crippen LogP contribution in [0.25, 0.3) is 22.0 Å². The molecule has 0 amide bonds. The summed E-state index contributed by atoms with van der Waals surface area (Å²) in [6.45, 7) is 0. The average molecular weight is 445 g/mol. The van der Waals surface area contributed by atoms with E-state index in [0.29, 0.717) is 21.8 Å². The molecule has 9 heteroatoms. The van der Waals surface area contributed by atoms with Crippen LogP contribution in [0, 0.1) is 0 Å². The van der Waals surface area contributed by atoms with E-state index in [2.05, 4.69) is 15.2 Å². The molecule has 0 fully saturated rings. The van der Waals surface area contributed by atoms with Crippen LogP contribution in [0.15, 0.2) is 53.0 Å². The molecule has 2 aromatic heterocycles. The molecule has 2 aromatic carbocycles. The Morgan fingerprint density at radius 1 is 1.07 bits per heavy atom. The number of H-pyrrole nitrogens is 1. The van der Waals surface area contributed by atoms with Gasteiger partial charge in [-0.2, -0.15) is 0 Å². The summed E-state index contributed by atoms with van der Waals surface area (Å²) in [5.74, 6) is 2.87. The minimum atomic E-state index is 0.673. The van der Waals surface area contributed by atoms with Crippen LogP contribution >= 0.6 is 34.7 Å². The first kappa shape index (κ1) is 19.8. The van der Waals surface area contributed by atoms with Gasteiger partial charge in [0.05, 0.1) is 25.5 Å². The van der Waals surface area contributed by atoms with E-state index in [1.54, 1.807) is 25.6 Å². The molecule has 0 spiro atoms. The Morgan fingerprint density at radius 2 is 1.90 bits per heavy atom. The number of halogens is 1. The Hall–Kier alpha value is -2.55. The number of rotatable bonds is 7. The molecule has 0 bridgehead atoms. The first-order valence-electron chi connectivity index (χ1n) is 8.64. The number of ether oxygens (including phenoxy) is 2. The predicted molar refractivity (Wildman–Crippen MR) is 117 cm³/mol. The maximum atomic E-state index is 5.93. The molecule has 0 saturated heterocycles. The highest BCUT2D eigenvalue weighted by Crippen LogP contribution is 2.35. The highest BCUT2D eigenvalue weighted by atomic mass is 35.5. The molecule has 0 aliphatic carbocycles. The number of nitrogens with zero attached hydrogens (tertiary/aromatic N) is 3. The van der Waals surface area contributed by atoms with Crippen molar-refractivity contribution in [1.29, 1.82) is 0 Å². The van der Waals surface area contributed by atoms with Crippen molar-refractivity contribution in [3.63, 3.8) is 0 Å². The molecule has 0 atom stereocenters. The largest absolute Gasteiger partial charge is 0.497 e. The number of methoxy groups -OCH3 is 2. The normalized spacial score (nSPS) is 10.9. The van der Waals surface area contributed by atoms with Gasteiger partial charge in [0.2, 0.25) is 5.16 Å². The molecule has 6 nitrogen and oxygen atoms in total. The molecule has 1 N–H and O–H groups in total. The molecule has 0 radical (unpaired) electrons. The highest BCUT2D eigenvalue weighted by Gasteiger charge is 2.13. The average Bonchev–Trinajstić information content (AvgIpc) is 3.42. The molecule has 2 heterocycles. The minimum Gasteiger partial charge on any atom is -0.497 e. The summed E-state index contributed by atoms with van der Waals surface area (Å²) in [4.78, 5) is 9.26. The number of benzene rings is 2. The number of thiazole rings is 1. The third-order valence-electron chi connectivity index (χ3n) is 4.12. The van der Waals surface area contributed by atoms with Crippen molar-refractivity contribution in [2.45, 2.75) is 10.9 Å². The summed E-state index contributed by atoms with van der Waals surface area (Å²) in [6, 6.07) is 13.2. The lowest BCUT2D eigenvalue weighted by Gasteiger charge is -2.08. The van der Waals surface area contributed by atoms with Crippen LogP contribution in [0.2, 0.25) is 5.02 Å². The Morgan fingerprint density at radius 3 is 2.66 bits per heavy atom. The van der Waals surface area contributed by atoms with Crippen molar-refractivity contribution >= 4 is 34.7 Å². The fourth-order valence-corrected chi connectivity index (χ4v) is 4.43. The molecule has 0 unspecified atom stereocenters. The summed E-state index contributed by atoms with van der Waals surface area (Å²) >= 11 is 9.04. The minimum absolute atomic E-state index is 0.673. The van der Waals surface area contributed by atoms with Gasteiger partial charge in [0.15, 0.2) is 5.82 Å². The second-order valence-electron chi connectivity index (χ2n) is 5.97. The Kier molecular flexibility index (Phi) is 6.03. The maximum Gasteiger partial charge on any atom is 0.209 e. The van der Waals surface area contributed by atoms with Gasteiger partial charge >= 0.3 is 0 Å². The first-order valence-corrected chi connectivity index (χ1v) is 10.9. The van der Waals surface area contributed by atoms with Gasteiger partial charge in [0, 0.05) is 27.8 Å². The molecule has 4 aromatic rings. The van der Waals surface area contributed by atoms with E-state index in [-0.39, 0.29) is 0 Å². The molecule has 148 valence electrons. The molecular formula is C20H17ClN4O2S2.